The third-order valence-corrected chi connectivity index (χ3v) is 4.36. The molecule has 1 fully saturated rings. The zero-order valence-corrected chi connectivity index (χ0v) is 14.8. The highest BCUT2D eigenvalue weighted by atomic mass is 16.5. The Kier molecular flexibility index (Phi) is 5.44. The molecule has 1 aliphatic heterocycles. The molecule has 1 unspecified atom stereocenters. The van der Waals surface area contributed by atoms with Crippen molar-refractivity contribution in [2.75, 3.05) is 44.7 Å². The van der Waals surface area contributed by atoms with Gasteiger partial charge in [0.25, 0.3) is 0 Å². The maximum atomic E-state index is 12.4. The molecule has 1 aromatic heterocycles. The number of ether oxygens (including phenoxy) is 1. The Hall–Kier alpha value is -2.98. The average Bonchev–Trinajstić information content (AvgIpc) is 2.67. The summed E-state index contributed by atoms with van der Waals surface area (Å²) in [4.78, 5) is 26.0. The van der Waals surface area contributed by atoms with E-state index in [1.165, 1.54) is 6.08 Å². The number of hydrogen-bond acceptors (Lipinski definition) is 7. The molecular weight excluding hydrogens is 330 g/mol. The van der Waals surface area contributed by atoms with Crippen LogP contribution >= 0.6 is 0 Å². The van der Waals surface area contributed by atoms with E-state index in [2.05, 4.69) is 28.4 Å². The van der Waals surface area contributed by atoms with E-state index >= 15 is 0 Å². The minimum Gasteiger partial charge on any atom is -0.460 e. The molecule has 2 aromatic rings. The summed E-state index contributed by atoms with van der Waals surface area (Å²) < 4.78 is 5.10. The van der Waals surface area contributed by atoms with Crippen LogP contribution in [0.2, 0.25) is 0 Å². The third-order valence-electron chi connectivity index (χ3n) is 4.36. The number of carbonyl (C=O) groups is 1. The Bertz CT molecular complexity index is 853. The maximum absolute atomic E-state index is 12.4. The van der Waals surface area contributed by atoms with Crippen molar-refractivity contribution in [2.24, 2.45) is 0 Å². The number of fused-ring (bicyclic) bond motifs is 1. The van der Waals surface area contributed by atoms with Crippen LogP contribution in [0, 0.1) is 11.3 Å². The number of nitrogens with zero attached hydrogens (tertiary/aromatic N) is 5. The molecule has 0 spiro atoms. The van der Waals surface area contributed by atoms with Crippen LogP contribution in [-0.4, -0.2) is 60.7 Å². The molecule has 134 valence electrons. The fourth-order valence-corrected chi connectivity index (χ4v) is 2.90. The third kappa shape index (κ3) is 3.65. The molecule has 7 heteroatoms. The zero-order chi connectivity index (χ0) is 18.5. The van der Waals surface area contributed by atoms with E-state index in [9.17, 15) is 10.1 Å². The molecule has 0 saturated carbocycles. The van der Waals surface area contributed by atoms with Crippen molar-refractivity contribution in [3.8, 4) is 6.07 Å². The maximum Gasteiger partial charge on any atom is 0.330 e. The van der Waals surface area contributed by atoms with Crippen LogP contribution in [0.4, 0.5) is 5.82 Å². The second-order valence-corrected chi connectivity index (χ2v) is 6.19. The summed E-state index contributed by atoms with van der Waals surface area (Å²) in [7, 11) is 2.06. The fourth-order valence-electron chi connectivity index (χ4n) is 2.90. The number of carbonyl (C=O) groups excluding carboxylic acids is 1. The standard InChI is InChI=1S/C19H21N5O2/c1-3-12-26-19(25)14(13-20)17-18(24-10-8-23(2)9-11-24)22-16-7-5-4-6-15(16)21-17/h3-7,14H,1,8-12H2,2H3. The monoisotopic (exact) mass is 351 g/mol. The van der Waals surface area contributed by atoms with Crippen LogP contribution < -0.4 is 4.90 Å². The van der Waals surface area contributed by atoms with Gasteiger partial charge in [0.05, 0.1) is 17.1 Å². The summed E-state index contributed by atoms with van der Waals surface area (Å²) in [6.07, 6.45) is 1.47. The summed E-state index contributed by atoms with van der Waals surface area (Å²) in [5.41, 5.74) is 1.74. The second-order valence-electron chi connectivity index (χ2n) is 6.19. The lowest BCUT2D eigenvalue weighted by Crippen LogP contribution is -2.45. The SMILES string of the molecule is C=CCOC(=O)C(C#N)c1nc2ccccc2nc1N1CCN(C)CC1. The van der Waals surface area contributed by atoms with Crippen LogP contribution in [0.15, 0.2) is 36.9 Å². The van der Waals surface area contributed by atoms with E-state index in [0.717, 1.165) is 31.7 Å². The van der Waals surface area contributed by atoms with E-state index in [0.29, 0.717) is 17.0 Å². The lowest BCUT2D eigenvalue weighted by atomic mass is 10.1. The van der Waals surface area contributed by atoms with Gasteiger partial charge in [-0.05, 0) is 19.2 Å². The van der Waals surface area contributed by atoms with E-state index in [1.807, 2.05) is 30.3 Å². The highest BCUT2D eigenvalue weighted by Gasteiger charge is 2.30. The lowest BCUT2D eigenvalue weighted by molar-refractivity contribution is -0.142. The molecule has 1 saturated heterocycles. The van der Waals surface area contributed by atoms with Crippen molar-refractivity contribution < 1.29 is 9.53 Å². The Labute approximate surface area is 152 Å². The molecule has 0 N–H and O–H groups in total. The van der Waals surface area contributed by atoms with Crippen molar-refractivity contribution in [3.05, 3.63) is 42.6 Å². The highest BCUT2D eigenvalue weighted by Crippen LogP contribution is 2.28. The summed E-state index contributed by atoms with van der Waals surface area (Å²) >= 11 is 0. The molecule has 1 aliphatic rings. The fraction of sp³-hybridized carbons (Fsp3) is 0.368. The Morgan fingerprint density at radius 1 is 1.31 bits per heavy atom. The quantitative estimate of drug-likeness (QED) is 0.599. The normalized spacial score (nSPS) is 16.1. The van der Waals surface area contributed by atoms with Gasteiger partial charge in [0.15, 0.2) is 11.7 Å². The van der Waals surface area contributed by atoms with Gasteiger partial charge in [-0.2, -0.15) is 5.26 Å². The average molecular weight is 351 g/mol. The molecule has 0 amide bonds. The molecule has 7 nitrogen and oxygen atoms in total. The zero-order valence-electron chi connectivity index (χ0n) is 14.8. The van der Waals surface area contributed by atoms with Gasteiger partial charge in [0, 0.05) is 26.2 Å². The van der Waals surface area contributed by atoms with Crippen LogP contribution in [0.5, 0.6) is 0 Å². The van der Waals surface area contributed by atoms with Crippen molar-refractivity contribution >= 4 is 22.8 Å². The van der Waals surface area contributed by atoms with Gasteiger partial charge in [0.1, 0.15) is 12.3 Å². The molecule has 0 bridgehead atoms. The van der Waals surface area contributed by atoms with Gasteiger partial charge >= 0.3 is 5.97 Å². The number of nitriles is 1. The first kappa shape index (κ1) is 17.8. The van der Waals surface area contributed by atoms with Crippen LogP contribution in [-0.2, 0) is 9.53 Å². The summed E-state index contributed by atoms with van der Waals surface area (Å²) in [5.74, 6) is -1.17. The number of benzene rings is 1. The second kappa shape index (κ2) is 7.93. The first-order chi connectivity index (χ1) is 12.6. The molecular formula is C19H21N5O2. The number of aromatic nitrogens is 2. The number of rotatable bonds is 5. The van der Waals surface area contributed by atoms with Gasteiger partial charge in [0.2, 0.25) is 0 Å². The predicted molar refractivity (Wildman–Crippen MR) is 98.8 cm³/mol. The molecule has 0 aliphatic carbocycles. The molecule has 1 aromatic carbocycles. The van der Waals surface area contributed by atoms with Crippen molar-refractivity contribution in [2.45, 2.75) is 5.92 Å². The number of piperazine rings is 1. The summed E-state index contributed by atoms with van der Waals surface area (Å²) in [6.45, 7) is 6.87. The number of hydrogen-bond donors (Lipinski definition) is 0. The van der Waals surface area contributed by atoms with E-state index in [-0.39, 0.29) is 6.61 Å². The first-order valence-electron chi connectivity index (χ1n) is 8.51. The molecule has 0 radical (unpaired) electrons. The Morgan fingerprint density at radius 2 is 1.96 bits per heavy atom. The first-order valence-corrected chi connectivity index (χ1v) is 8.51. The van der Waals surface area contributed by atoms with Crippen molar-refractivity contribution in [1.29, 1.82) is 5.26 Å². The summed E-state index contributed by atoms with van der Waals surface area (Å²) in [5, 5.41) is 9.61. The Balaban J connectivity index is 2.06. The number of para-hydroxylation sites is 2. The minimum atomic E-state index is -1.12. The number of esters is 1. The minimum absolute atomic E-state index is 0.0574. The van der Waals surface area contributed by atoms with Crippen molar-refractivity contribution in [3.63, 3.8) is 0 Å². The van der Waals surface area contributed by atoms with Gasteiger partial charge in [-0.3, -0.25) is 4.79 Å². The van der Waals surface area contributed by atoms with Crippen molar-refractivity contribution in [1.82, 2.24) is 14.9 Å². The highest BCUT2D eigenvalue weighted by molar-refractivity contribution is 5.85. The predicted octanol–water partition coefficient (Wildman–Crippen LogP) is 1.72. The summed E-state index contributed by atoms with van der Waals surface area (Å²) in [6, 6.07) is 9.48. The van der Waals surface area contributed by atoms with E-state index < -0.39 is 11.9 Å². The van der Waals surface area contributed by atoms with Crippen LogP contribution in [0.3, 0.4) is 0 Å². The number of likely N-dealkylation sites (N-methyl/N-ethyl adjacent to an activating group) is 1. The molecule has 26 heavy (non-hydrogen) atoms. The van der Waals surface area contributed by atoms with Crippen LogP contribution in [0.25, 0.3) is 11.0 Å². The molecule has 1 atom stereocenters. The smallest absolute Gasteiger partial charge is 0.330 e. The number of anilines is 1. The van der Waals surface area contributed by atoms with Gasteiger partial charge in [-0.1, -0.05) is 24.8 Å². The van der Waals surface area contributed by atoms with Crippen LogP contribution in [0.1, 0.15) is 11.6 Å². The van der Waals surface area contributed by atoms with E-state index in [1.54, 1.807) is 0 Å². The Morgan fingerprint density at radius 3 is 2.58 bits per heavy atom. The topological polar surface area (TPSA) is 82.3 Å². The molecule has 3 rings (SSSR count). The van der Waals surface area contributed by atoms with Gasteiger partial charge < -0.3 is 14.5 Å². The van der Waals surface area contributed by atoms with Gasteiger partial charge in [-0.25, -0.2) is 9.97 Å². The van der Waals surface area contributed by atoms with Gasteiger partial charge in [-0.15, -0.1) is 0 Å². The van der Waals surface area contributed by atoms with E-state index in [4.69, 9.17) is 9.72 Å². The largest absolute Gasteiger partial charge is 0.460 e. The molecule has 2 heterocycles. The lowest BCUT2D eigenvalue weighted by Gasteiger charge is -2.34.